The molecule has 1 fully saturated rings. The second kappa shape index (κ2) is 5.98. The SMILES string of the molecule is CCOC(=O)C(=O)N1C(=O)C2(CCl)N=CSC12.c1cc2cc-2c1. The van der Waals surface area contributed by atoms with Crippen molar-refractivity contribution in [2.24, 2.45) is 4.99 Å². The van der Waals surface area contributed by atoms with Crippen molar-refractivity contribution < 1.29 is 19.1 Å². The molecule has 4 rings (SSSR count). The van der Waals surface area contributed by atoms with Crippen LogP contribution in [0.3, 0.4) is 0 Å². The van der Waals surface area contributed by atoms with Crippen LogP contribution in [-0.4, -0.2) is 51.6 Å². The number of hydrogen-bond donors (Lipinski definition) is 0. The fourth-order valence-corrected chi connectivity index (χ4v) is 3.93. The fraction of sp³-hybridized carbons (Fsp3) is 0.333. The highest BCUT2D eigenvalue weighted by molar-refractivity contribution is 8.13. The number of benzene rings is 1. The van der Waals surface area contributed by atoms with E-state index in [1.807, 2.05) is 0 Å². The molecule has 2 atom stereocenters. The molecule has 0 aromatic carbocycles. The highest BCUT2D eigenvalue weighted by Gasteiger charge is 2.66. The maximum atomic E-state index is 11.8. The maximum Gasteiger partial charge on any atom is 0.397 e. The molecule has 2 heterocycles. The first-order valence-corrected chi connectivity index (χ1v) is 8.43. The van der Waals surface area contributed by atoms with E-state index >= 15 is 0 Å². The molecule has 0 spiro atoms. The summed E-state index contributed by atoms with van der Waals surface area (Å²) in [6.45, 7) is 1.67. The topological polar surface area (TPSA) is 76.0 Å². The molecule has 4 aliphatic rings. The number of amides is 2. The maximum absolute atomic E-state index is 11.8. The molecule has 6 nitrogen and oxygen atoms in total. The Kier molecular flexibility index (Phi) is 4.16. The summed E-state index contributed by atoms with van der Waals surface area (Å²) in [5.74, 6) is -2.54. The van der Waals surface area contributed by atoms with Crippen molar-refractivity contribution in [3.8, 4) is 11.1 Å². The molecule has 2 amide bonds. The number of fused-ring (bicyclic) bond motifs is 2. The van der Waals surface area contributed by atoms with Crippen molar-refractivity contribution in [1.29, 1.82) is 0 Å². The minimum absolute atomic E-state index is 0.00734. The fourth-order valence-electron chi connectivity index (χ4n) is 2.37. The number of alkyl halides is 1. The molecule has 0 aromatic heterocycles. The minimum Gasteiger partial charge on any atom is -0.459 e. The molecule has 0 aromatic rings. The van der Waals surface area contributed by atoms with Crippen LogP contribution >= 0.6 is 23.4 Å². The summed E-state index contributed by atoms with van der Waals surface area (Å²) in [4.78, 5) is 39.6. The molecule has 0 saturated carbocycles. The quantitative estimate of drug-likeness (QED) is 0.355. The lowest BCUT2D eigenvalue weighted by Crippen LogP contribution is -2.73. The molecule has 0 bridgehead atoms. The van der Waals surface area contributed by atoms with Gasteiger partial charge in [0.15, 0.2) is 5.54 Å². The molecular weight excluding hydrogens is 340 g/mol. The number of rotatable bonds is 2. The monoisotopic (exact) mass is 352 g/mol. The van der Waals surface area contributed by atoms with Gasteiger partial charge in [-0.1, -0.05) is 30.0 Å². The van der Waals surface area contributed by atoms with Crippen molar-refractivity contribution in [1.82, 2.24) is 4.90 Å². The summed E-state index contributed by atoms with van der Waals surface area (Å²) in [6, 6.07) is 8.48. The first kappa shape index (κ1) is 16.0. The molecule has 2 aliphatic heterocycles. The predicted molar refractivity (Wildman–Crippen MR) is 87.2 cm³/mol. The molecule has 0 N–H and O–H groups in total. The lowest BCUT2D eigenvalue weighted by atomic mass is 9.91. The van der Waals surface area contributed by atoms with Crippen molar-refractivity contribution in [2.45, 2.75) is 17.8 Å². The molecule has 0 radical (unpaired) electrons. The Balaban J connectivity index is 0.000000213. The summed E-state index contributed by atoms with van der Waals surface area (Å²) in [7, 11) is 0. The van der Waals surface area contributed by atoms with Crippen LogP contribution in [0.15, 0.2) is 29.3 Å². The van der Waals surface area contributed by atoms with Gasteiger partial charge in [0.1, 0.15) is 5.37 Å². The number of carbonyl (C=O) groups excluding carboxylic acids is 3. The number of thioether (sulfide) groups is 1. The van der Waals surface area contributed by atoms with Gasteiger partial charge >= 0.3 is 11.9 Å². The number of ether oxygens (including phenoxy) is 1. The third-order valence-electron chi connectivity index (χ3n) is 3.69. The van der Waals surface area contributed by atoms with Crippen molar-refractivity contribution in [3.63, 3.8) is 0 Å². The Morgan fingerprint density at radius 3 is 2.61 bits per heavy atom. The van der Waals surface area contributed by atoms with E-state index in [1.165, 1.54) is 28.4 Å². The summed E-state index contributed by atoms with van der Waals surface area (Å²) in [6.07, 6.45) is 0. The molecule has 2 aliphatic carbocycles. The van der Waals surface area contributed by atoms with E-state index < -0.39 is 28.7 Å². The number of likely N-dealkylation sites (tertiary alicyclic amines) is 1. The van der Waals surface area contributed by atoms with Crippen LogP contribution in [0.2, 0.25) is 0 Å². The second-order valence-corrected chi connectivity index (χ2v) is 6.26. The van der Waals surface area contributed by atoms with E-state index in [4.69, 9.17) is 11.6 Å². The number of β-lactam (4-membered cyclic amide) rings is 1. The number of esters is 1. The van der Waals surface area contributed by atoms with E-state index in [9.17, 15) is 14.4 Å². The van der Waals surface area contributed by atoms with Crippen LogP contribution in [-0.2, 0) is 19.1 Å². The Hall–Kier alpha value is -1.86. The highest BCUT2D eigenvalue weighted by atomic mass is 35.5. The number of aliphatic imine (C=N–C) groups is 1. The van der Waals surface area contributed by atoms with E-state index in [0.29, 0.717) is 0 Å². The molecule has 23 heavy (non-hydrogen) atoms. The van der Waals surface area contributed by atoms with Gasteiger partial charge in [-0.15, -0.1) is 11.6 Å². The van der Waals surface area contributed by atoms with Gasteiger partial charge in [-0.25, -0.2) is 4.79 Å². The molecule has 1 saturated heterocycles. The predicted octanol–water partition coefficient (Wildman–Crippen LogP) is 1.66. The zero-order chi connectivity index (χ0) is 16.6. The first-order chi connectivity index (χ1) is 11.0. The minimum atomic E-state index is -1.08. The third-order valence-corrected chi connectivity index (χ3v) is 5.18. The van der Waals surface area contributed by atoms with E-state index in [1.54, 1.807) is 6.92 Å². The van der Waals surface area contributed by atoms with Crippen molar-refractivity contribution >= 4 is 46.7 Å². The molecule has 120 valence electrons. The van der Waals surface area contributed by atoms with Gasteiger partial charge in [-0.2, -0.15) is 0 Å². The van der Waals surface area contributed by atoms with Crippen molar-refractivity contribution in [2.75, 3.05) is 12.5 Å². The Morgan fingerprint density at radius 1 is 1.43 bits per heavy atom. The average molecular weight is 353 g/mol. The van der Waals surface area contributed by atoms with E-state index in [2.05, 4.69) is 34.0 Å². The van der Waals surface area contributed by atoms with Crippen LogP contribution in [0.4, 0.5) is 0 Å². The van der Waals surface area contributed by atoms with E-state index in [-0.39, 0.29) is 12.5 Å². The number of imide groups is 1. The number of halogens is 1. The molecule has 8 heteroatoms. The van der Waals surface area contributed by atoms with Gasteiger partial charge in [-0.05, 0) is 24.1 Å². The zero-order valence-corrected chi connectivity index (χ0v) is 13.8. The van der Waals surface area contributed by atoms with Crippen LogP contribution in [0, 0.1) is 0 Å². The average Bonchev–Trinajstić information content (AvgIpc) is 2.98. The van der Waals surface area contributed by atoms with Crippen LogP contribution in [0.1, 0.15) is 6.92 Å². The lowest BCUT2D eigenvalue weighted by Gasteiger charge is -2.46. The standard InChI is InChI=1S/C9H9ClN2O4S.C6H4/c1-2-16-6(14)5(13)12-7(15)9(3-10)8(12)17-4-11-9;1-2-5-4-6(5)3-1/h4,8H,2-3H2,1H3;1-4H. The van der Waals surface area contributed by atoms with Gasteiger partial charge in [-0.3, -0.25) is 19.5 Å². The second-order valence-electron chi connectivity index (χ2n) is 5.06. The van der Waals surface area contributed by atoms with Gasteiger partial charge in [0.05, 0.1) is 18.0 Å². The Morgan fingerprint density at radius 2 is 2.13 bits per heavy atom. The molecular formula is C15H13ClN2O4S. The van der Waals surface area contributed by atoms with Gasteiger partial charge in [0, 0.05) is 0 Å². The summed E-state index contributed by atoms with van der Waals surface area (Å²) >= 11 is 6.89. The third kappa shape index (κ3) is 2.53. The Bertz CT molecular complexity index is 706. The normalized spacial score (nSPS) is 25.0. The number of carbonyl (C=O) groups is 3. The number of hydrogen-bond acceptors (Lipinski definition) is 6. The molecule has 2 unspecified atom stereocenters. The van der Waals surface area contributed by atoms with Gasteiger partial charge < -0.3 is 4.74 Å². The van der Waals surface area contributed by atoms with Gasteiger partial charge in [0.25, 0.3) is 5.91 Å². The Labute approximate surface area is 141 Å². The highest BCUT2D eigenvalue weighted by Crippen LogP contribution is 2.45. The van der Waals surface area contributed by atoms with E-state index in [0.717, 1.165) is 4.90 Å². The smallest absolute Gasteiger partial charge is 0.397 e. The zero-order valence-electron chi connectivity index (χ0n) is 12.2. The summed E-state index contributed by atoms with van der Waals surface area (Å²) in [5, 5.41) is -0.524. The summed E-state index contributed by atoms with van der Waals surface area (Å²) < 4.78 is 4.56. The largest absolute Gasteiger partial charge is 0.459 e. The lowest BCUT2D eigenvalue weighted by molar-refractivity contribution is -0.172. The van der Waals surface area contributed by atoms with Gasteiger partial charge in [0.2, 0.25) is 0 Å². The van der Waals surface area contributed by atoms with Crippen LogP contribution in [0.5, 0.6) is 0 Å². The van der Waals surface area contributed by atoms with Crippen LogP contribution < -0.4 is 0 Å². The number of nitrogens with zero attached hydrogens (tertiary/aromatic N) is 2. The van der Waals surface area contributed by atoms with Crippen LogP contribution in [0.25, 0.3) is 11.1 Å². The first-order valence-electron chi connectivity index (χ1n) is 6.95. The van der Waals surface area contributed by atoms with Crippen molar-refractivity contribution in [3.05, 3.63) is 24.3 Å². The summed E-state index contributed by atoms with van der Waals surface area (Å²) in [5.41, 5.74) is 3.25.